The molecular formula is C10H8F3O. The van der Waals surface area contributed by atoms with E-state index in [1.165, 1.54) is 18.2 Å². The quantitative estimate of drug-likeness (QED) is 0.730. The number of benzene rings is 1. The van der Waals surface area contributed by atoms with E-state index in [9.17, 15) is 13.2 Å². The molecule has 0 aliphatic heterocycles. The molecule has 75 valence electrons. The summed E-state index contributed by atoms with van der Waals surface area (Å²) in [5, 5.41) is 0. The number of hydrogen-bond acceptors (Lipinski definition) is 1. The first-order valence-corrected chi connectivity index (χ1v) is 3.84. The van der Waals surface area contributed by atoms with Gasteiger partial charge in [-0.1, -0.05) is 12.7 Å². The summed E-state index contributed by atoms with van der Waals surface area (Å²) in [6.45, 7) is 2.19. The van der Waals surface area contributed by atoms with Crippen LogP contribution >= 0.6 is 0 Å². The van der Waals surface area contributed by atoms with Crippen LogP contribution in [0, 0.1) is 6.07 Å². The third-order valence-corrected chi connectivity index (χ3v) is 1.42. The fraction of sp³-hybridized carbons (Fsp3) is 0.200. The number of alkyl halides is 3. The van der Waals surface area contributed by atoms with Crippen molar-refractivity contribution < 1.29 is 17.9 Å². The molecule has 1 rings (SSSR count). The Morgan fingerprint density at radius 3 is 2.71 bits per heavy atom. The maximum absolute atomic E-state index is 11.8. The van der Waals surface area contributed by atoms with Crippen LogP contribution in [-0.2, 0) is 0 Å². The van der Waals surface area contributed by atoms with Gasteiger partial charge in [0.25, 0.3) is 0 Å². The minimum atomic E-state index is -4.32. The van der Waals surface area contributed by atoms with Gasteiger partial charge in [-0.2, -0.15) is 13.2 Å². The van der Waals surface area contributed by atoms with E-state index < -0.39 is 12.8 Å². The summed E-state index contributed by atoms with van der Waals surface area (Å²) < 4.78 is 39.8. The maximum atomic E-state index is 11.8. The van der Waals surface area contributed by atoms with Crippen molar-refractivity contribution in [2.45, 2.75) is 6.18 Å². The van der Waals surface area contributed by atoms with Crippen LogP contribution in [0.3, 0.4) is 0 Å². The average Bonchev–Trinajstić information content (AvgIpc) is 2.14. The van der Waals surface area contributed by atoms with Crippen molar-refractivity contribution in [3.05, 3.63) is 36.4 Å². The van der Waals surface area contributed by atoms with Crippen molar-refractivity contribution in [1.82, 2.24) is 0 Å². The van der Waals surface area contributed by atoms with Crippen molar-refractivity contribution in [3.8, 4) is 5.75 Å². The zero-order valence-corrected chi connectivity index (χ0v) is 7.27. The van der Waals surface area contributed by atoms with Crippen LogP contribution in [0.4, 0.5) is 13.2 Å². The number of rotatable bonds is 3. The molecule has 0 unspecified atom stereocenters. The van der Waals surface area contributed by atoms with Gasteiger partial charge in [-0.3, -0.25) is 0 Å². The standard InChI is InChI=1S/C10H8F3O/c1-2-8-4-3-5-9(6-8)14-7-10(11,12)13/h2,4-6H,1,7H2. The first-order valence-electron chi connectivity index (χ1n) is 3.84. The lowest BCUT2D eigenvalue weighted by Crippen LogP contribution is -2.19. The maximum Gasteiger partial charge on any atom is 0.422 e. The summed E-state index contributed by atoms with van der Waals surface area (Å²) in [5.41, 5.74) is 0.671. The van der Waals surface area contributed by atoms with Crippen molar-refractivity contribution in [1.29, 1.82) is 0 Å². The van der Waals surface area contributed by atoms with Gasteiger partial charge < -0.3 is 4.74 Å². The smallest absolute Gasteiger partial charge is 0.422 e. The highest BCUT2D eigenvalue weighted by molar-refractivity contribution is 5.49. The van der Waals surface area contributed by atoms with E-state index in [-0.39, 0.29) is 5.75 Å². The number of ether oxygens (including phenoxy) is 1. The van der Waals surface area contributed by atoms with Crippen molar-refractivity contribution in [2.75, 3.05) is 6.61 Å². The lowest BCUT2D eigenvalue weighted by molar-refractivity contribution is -0.153. The zero-order chi connectivity index (χ0) is 10.6. The summed E-state index contributed by atoms with van der Waals surface area (Å²) in [6, 6.07) is 7.07. The molecule has 0 bridgehead atoms. The van der Waals surface area contributed by atoms with Crippen LogP contribution in [0.25, 0.3) is 6.08 Å². The van der Waals surface area contributed by atoms with Gasteiger partial charge in [0.05, 0.1) is 0 Å². The molecule has 0 atom stereocenters. The van der Waals surface area contributed by atoms with Gasteiger partial charge >= 0.3 is 6.18 Å². The second kappa shape index (κ2) is 4.17. The Kier molecular flexibility index (Phi) is 3.17. The predicted octanol–water partition coefficient (Wildman–Crippen LogP) is 3.07. The van der Waals surface area contributed by atoms with Gasteiger partial charge in [-0.15, -0.1) is 0 Å². The lowest BCUT2D eigenvalue weighted by Gasteiger charge is -2.08. The van der Waals surface area contributed by atoms with Crippen molar-refractivity contribution in [3.63, 3.8) is 0 Å². The van der Waals surface area contributed by atoms with Gasteiger partial charge in [0.15, 0.2) is 6.61 Å². The summed E-state index contributed by atoms with van der Waals surface area (Å²) in [7, 11) is 0. The molecule has 0 heterocycles. The lowest BCUT2D eigenvalue weighted by atomic mass is 10.2. The monoisotopic (exact) mass is 201 g/mol. The third-order valence-electron chi connectivity index (χ3n) is 1.42. The van der Waals surface area contributed by atoms with Gasteiger partial charge in [0, 0.05) is 0 Å². The number of hydrogen-bond donors (Lipinski definition) is 0. The molecule has 14 heavy (non-hydrogen) atoms. The molecule has 0 N–H and O–H groups in total. The van der Waals surface area contributed by atoms with E-state index >= 15 is 0 Å². The molecule has 1 aromatic carbocycles. The molecule has 1 nitrogen and oxygen atoms in total. The second-order valence-electron chi connectivity index (χ2n) is 2.61. The van der Waals surface area contributed by atoms with E-state index in [1.54, 1.807) is 6.07 Å². The van der Waals surface area contributed by atoms with Gasteiger partial charge in [-0.05, 0) is 29.8 Å². The minimum absolute atomic E-state index is 0.139. The van der Waals surface area contributed by atoms with E-state index in [0.29, 0.717) is 5.56 Å². The Balaban J connectivity index is 2.63. The van der Waals surface area contributed by atoms with Crippen molar-refractivity contribution in [2.24, 2.45) is 0 Å². The van der Waals surface area contributed by atoms with Crippen LogP contribution in [0.15, 0.2) is 24.8 Å². The van der Waals surface area contributed by atoms with Crippen LogP contribution in [0.1, 0.15) is 5.56 Å². The Morgan fingerprint density at radius 1 is 1.43 bits per heavy atom. The molecule has 0 saturated heterocycles. The Labute approximate surface area is 79.8 Å². The fourth-order valence-electron chi connectivity index (χ4n) is 0.834. The van der Waals surface area contributed by atoms with Gasteiger partial charge in [0.1, 0.15) is 5.75 Å². The van der Waals surface area contributed by atoms with Crippen LogP contribution in [-0.4, -0.2) is 12.8 Å². The molecule has 0 saturated carbocycles. The molecule has 1 aromatic rings. The van der Waals surface area contributed by atoms with E-state index in [1.807, 2.05) is 0 Å². The third kappa shape index (κ3) is 3.51. The Bertz CT molecular complexity index is 317. The van der Waals surface area contributed by atoms with E-state index in [4.69, 9.17) is 0 Å². The molecule has 0 spiro atoms. The van der Waals surface area contributed by atoms with E-state index in [2.05, 4.69) is 17.4 Å². The van der Waals surface area contributed by atoms with Crippen LogP contribution in [0.5, 0.6) is 5.75 Å². The highest BCUT2D eigenvalue weighted by atomic mass is 19.4. The zero-order valence-electron chi connectivity index (χ0n) is 7.27. The average molecular weight is 201 g/mol. The molecule has 0 aliphatic carbocycles. The molecule has 4 heteroatoms. The van der Waals surface area contributed by atoms with Gasteiger partial charge in [-0.25, -0.2) is 0 Å². The molecule has 0 amide bonds. The van der Waals surface area contributed by atoms with Crippen molar-refractivity contribution >= 4 is 6.08 Å². The molecule has 1 radical (unpaired) electrons. The van der Waals surface area contributed by atoms with Crippen LogP contribution in [0.2, 0.25) is 0 Å². The summed E-state index contributed by atoms with van der Waals surface area (Å²) in [4.78, 5) is 0. The predicted molar refractivity (Wildman–Crippen MR) is 46.9 cm³/mol. The summed E-state index contributed by atoms with van der Waals surface area (Å²) in [5.74, 6) is 0.139. The SMILES string of the molecule is C=Cc1c[c]cc(OCC(F)(F)F)c1. The van der Waals surface area contributed by atoms with Gasteiger partial charge in [0.2, 0.25) is 0 Å². The summed E-state index contributed by atoms with van der Waals surface area (Å²) in [6.07, 6.45) is -2.80. The first kappa shape index (κ1) is 10.6. The van der Waals surface area contributed by atoms with E-state index in [0.717, 1.165) is 0 Å². The molecule has 0 aliphatic rings. The number of halogens is 3. The second-order valence-corrected chi connectivity index (χ2v) is 2.61. The topological polar surface area (TPSA) is 9.23 Å². The molecular weight excluding hydrogens is 193 g/mol. The highest BCUT2D eigenvalue weighted by Gasteiger charge is 2.28. The minimum Gasteiger partial charge on any atom is -0.484 e. The molecule has 0 aromatic heterocycles. The normalized spacial score (nSPS) is 11.1. The summed E-state index contributed by atoms with van der Waals surface area (Å²) >= 11 is 0. The fourth-order valence-corrected chi connectivity index (χ4v) is 0.834. The molecule has 0 fully saturated rings. The highest BCUT2D eigenvalue weighted by Crippen LogP contribution is 2.19. The largest absolute Gasteiger partial charge is 0.484 e. The van der Waals surface area contributed by atoms with Crippen LogP contribution < -0.4 is 4.74 Å². The Hall–Kier alpha value is -1.45. The first-order chi connectivity index (χ1) is 6.51. The Morgan fingerprint density at radius 2 is 2.14 bits per heavy atom.